The molecule has 0 aliphatic rings. The van der Waals surface area contributed by atoms with Crippen LogP contribution in [0.3, 0.4) is 0 Å². The first-order valence-corrected chi connectivity index (χ1v) is 5.82. The molecule has 1 unspecified atom stereocenters. The summed E-state index contributed by atoms with van der Waals surface area (Å²) in [5.74, 6) is 0.876. The molecule has 1 aromatic rings. The molecule has 0 saturated carbocycles. The molecule has 0 amide bonds. The number of likely N-dealkylation sites (N-methyl/N-ethyl adjacent to an activating group) is 1. The van der Waals surface area contributed by atoms with E-state index in [-0.39, 0.29) is 0 Å². The van der Waals surface area contributed by atoms with E-state index < -0.39 is 6.10 Å². The van der Waals surface area contributed by atoms with Crippen molar-refractivity contribution < 1.29 is 9.84 Å². The summed E-state index contributed by atoms with van der Waals surface area (Å²) in [5.41, 5.74) is 1.06. The first-order chi connectivity index (χ1) is 8.08. The van der Waals surface area contributed by atoms with Gasteiger partial charge < -0.3 is 14.7 Å². The zero-order valence-electron chi connectivity index (χ0n) is 10.8. The summed E-state index contributed by atoms with van der Waals surface area (Å²) in [5, 5.41) is 9.12. The molecule has 0 heterocycles. The zero-order valence-corrected chi connectivity index (χ0v) is 10.8. The van der Waals surface area contributed by atoms with E-state index in [1.165, 1.54) is 0 Å². The molecule has 0 bridgehead atoms. The lowest BCUT2D eigenvalue weighted by atomic mass is 10.2. The van der Waals surface area contributed by atoms with Crippen molar-refractivity contribution in [2.45, 2.75) is 13.0 Å². The van der Waals surface area contributed by atoms with Gasteiger partial charge in [-0.2, -0.15) is 0 Å². The maximum Gasteiger partial charge on any atom is 0.119 e. The largest absolute Gasteiger partial charge is 0.492 e. The minimum Gasteiger partial charge on any atom is -0.492 e. The number of ether oxygens (including phenoxy) is 1. The average molecular weight is 235 g/mol. The number of hydrogen-bond acceptors (Lipinski definition) is 3. The van der Waals surface area contributed by atoms with Crippen molar-refractivity contribution in [3.05, 3.63) is 35.9 Å². The SMILES string of the molecule is CC(O)/C=C/c1ccc(OCCN(C)C)cc1. The summed E-state index contributed by atoms with van der Waals surface area (Å²) in [6.07, 6.45) is 3.24. The lowest BCUT2D eigenvalue weighted by Crippen LogP contribution is -2.19. The quantitative estimate of drug-likeness (QED) is 0.819. The highest BCUT2D eigenvalue weighted by atomic mass is 16.5. The average Bonchev–Trinajstić information content (AvgIpc) is 2.27. The molecule has 1 atom stereocenters. The molecule has 0 saturated heterocycles. The Morgan fingerprint density at radius 1 is 1.29 bits per heavy atom. The van der Waals surface area contributed by atoms with Crippen molar-refractivity contribution in [1.29, 1.82) is 0 Å². The number of rotatable bonds is 6. The van der Waals surface area contributed by atoms with Crippen LogP contribution in [0, 0.1) is 0 Å². The molecule has 3 heteroatoms. The number of hydrogen-bond donors (Lipinski definition) is 1. The normalized spacial score (nSPS) is 13.2. The van der Waals surface area contributed by atoms with E-state index in [1.54, 1.807) is 13.0 Å². The van der Waals surface area contributed by atoms with Crippen molar-refractivity contribution in [2.75, 3.05) is 27.2 Å². The van der Waals surface area contributed by atoms with Gasteiger partial charge in [-0.1, -0.05) is 24.3 Å². The molecule has 94 valence electrons. The third kappa shape index (κ3) is 6.09. The van der Waals surface area contributed by atoms with E-state index in [1.807, 2.05) is 44.4 Å². The zero-order chi connectivity index (χ0) is 12.7. The molecule has 1 rings (SSSR count). The maximum absolute atomic E-state index is 9.12. The molecule has 1 aromatic carbocycles. The van der Waals surface area contributed by atoms with Crippen LogP contribution in [0.1, 0.15) is 12.5 Å². The van der Waals surface area contributed by atoms with Crippen LogP contribution in [0.2, 0.25) is 0 Å². The highest BCUT2D eigenvalue weighted by Crippen LogP contribution is 2.13. The Hall–Kier alpha value is -1.32. The van der Waals surface area contributed by atoms with Crippen LogP contribution < -0.4 is 4.74 Å². The van der Waals surface area contributed by atoms with Gasteiger partial charge in [-0.25, -0.2) is 0 Å². The summed E-state index contributed by atoms with van der Waals surface area (Å²) >= 11 is 0. The van der Waals surface area contributed by atoms with Gasteiger partial charge in [0.2, 0.25) is 0 Å². The number of aliphatic hydroxyl groups is 1. The van der Waals surface area contributed by atoms with Gasteiger partial charge in [-0.15, -0.1) is 0 Å². The second-order valence-corrected chi connectivity index (χ2v) is 4.32. The number of nitrogens with zero attached hydrogens (tertiary/aromatic N) is 1. The van der Waals surface area contributed by atoms with Gasteiger partial charge >= 0.3 is 0 Å². The van der Waals surface area contributed by atoms with Crippen LogP contribution in [0.4, 0.5) is 0 Å². The van der Waals surface area contributed by atoms with Crippen molar-refractivity contribution in [3.8, 4) is 5.75 Å². The Bertz CT molecular complexity index is 342. The van der Waals surface area contributed by atoms with Crippen LogP contribution in [-0.4, -0.2) is 43.4 Å². The fourth-order valence-electron chi connectivity index (χ4n) is 1.27. The van der Waals surface area contributed by atoms with E-state index >= 15 is 0 Å². The summed E-state index contributed by atoms with van der Waals surface area (Å²) in [6, 6.07) is 7.84. The van der Waals surface area contributed by atoms with Crippen LogP contribution in [-0.2, 0) is 0 Å². The highest BCUT2D eigenvalue weighted by Gasteiger charge is 1.95. The second-order valence-electron chi connectivity index (χ2n) is 4.32. The lowest BCUT2D eigenvalue weighted by Gasteiger charge is -2.10. The van der Waals surface area contributed by atoms with Gasteiger partial charge in [-0.3, -0.25) is 0 Å². The fourth-order valence-corrected chi connectivity index (χ4v) is 1.27. The molecule has 3 nitrogen and oxygen atoms in total. The maximum atomic E-state index is 9.12. The summed E-state index contributed by atoms with van der Waals surface area (Å²) < 4.78 is 5.58. The first kappa shape index (κ1) is 13.7. The van der Waals surface area contributed by atoms with Gasteiger partial charge in [0.15, 0.2) is 0 Å². The monoisotopic (exact) mass is 235 g/mol. The van der Waals surface area contributed by atoms with Crippen molar-refractivity contribution in [2.24, 2.45) is 0 Å². The van der Waals surface area contributed by atoms with E-state index in [4.69, 9.17) is 9.84 Å². The van der Waals surface area contributed by atoms with Gasteiger partial charge in [0.05, 0.1) is 6.10 Å². The van der Waals surface area contributed by atoms with Crippen LogP contribution in [0.5, 0.6) is 5.75 Å². The third-order valence-corrected chi connectivity index (χ3v) is 2.25. The standard InChI is InChI=1S/C14H21NO2/c1-12(16)4-5-13-6-8-14(9-7-13)17-11-10-15(2)3/h4-9,12,16H,10-11H2,1-3H3/b5-4+. The van der Waals surface area contributed by atoms with E-state index in [2.05, 4.69) is 4.90 Å². The Kier molecular flexibility index (Phi) is 5.73. The van der Waals surface area contributed by atoms with Gasteiger partial charge in [0.1, 0.15) is 12.4 Å². The molecular formula is C14H21NO2. The molecule has 0 spiro atoms. The van der Waals surface area contributed by atoms with Crippen molar-refractivity contribution in [1.82, 2.24) is 4.90 Å². The molecule has 1 N–H and O–H groups in total. The molecule has 0 fully saturated rings. The predicted molar refractivity (Wildman–Crippen MR) is 71.2 cm³/mol. The predicted octanol–water partition coefficient (Wildman–Crippen LogP) is 2.02. The van der Waals surface area contributed by atoms with Crippen LogP contribution in [0.25, 0.3) is 6.08 Å². The minimum atomic E-state index is -0.411. The molecular weight excluding hydrogens is 214 g/mol. The minimum absolute atomic E-state index is 0.411. The van der Waals surface area contributed by atoms with Gasteiger partial charge in [0.25, 0.3) is 0 Å². The van der Waals surface area contributed by atoms with E-state index in [0.717, 1.165) is 17.9 Å². The van der Waals surface area contributed by atoms with Crippen molar-refractivity contribution >= 4 is 6.08 Å². The summed E-state index contributed by atoms with van der Waals surface area (Å²) in [7, 11) is 4.04. The van der Waals surface area contributed by atoms with E-state index in [9.17, 15) is 0 Å². The lowest BCUT2D eigenvalue weighted by molar-refractivity contribution is 0.245. The van der Waals surface area contributed by atoms with Gasteiger partial charge in [0, 0.05) is 6.54 Å². The van der Waals surface area contributed by atoms with Crippen LogP contribution >= 0.6 is 0 Å². The highest BCUT2D eigenvalue weighted by molar-refractivity contribution is 5.50. The topological polar surface area (TPSA) is 32.7 Å². The molecule has 0 aliphatic heterocycles. The molecule has 0 aliphatic carbocycles. The number of benzene rings is 1. The van der Waals surface area contributed by atoms with Gasteiger partial charge in [-0.05, 0) is 38.7 Å². The second kappa shape index (κ2) is 7.09. The molecule has 0 aromatic heterocycles. The summed E-state index contributed by atoms with van der Waals surface area (Å²) in [6.45, 7) is 3.33. The Balaban J connectivity index is 2.45. The Labute approximate surface area is 103 Å². The third-order valence-electron chi connectivity index (χ3n) is 2.25. The Morgan fingerprint density at radius 2 is 1.94 bits per heavy atom. The Morgan fingerprint density at radius 3 is 2.47 bits per heavy atom. The first-order valence-electron chi connectivity index (χ1n) is 5.82. The van der Waals surface area contributed by atoms with E-state index in [0.29, 0.717) is 6.61 Å². The molecule has 17 heavy (non-hydrogen) atoms. The molecule has 0 radical (unpaired) electrons. The van der Waals surface area contributed by atoms with Crippen molar-refractivity contribution in [3.63, 3.8) is 0 Å². The fraction of sp³-hybridized carbons (Fsp3) is 0.429. The smallest absolute Gasteiger partial charge is 0.119 e. The number of aliphatic hydroxyl groups excluding tert-OH is 1. The summed E-state index contributed by atoms with van der Waals surface area (Å²) in [4.78, 5) is 2.08. The van der Waals surface area contributed by atoms with Crippen LogP contribution in [0.15, 0.2) is 30.3 Å².